The van der Waals surface area contributed by atoms with Gasteiger partial charge in [0.2, 0.25) is 5.13 Å². The van der Waals surface area contributed by atoms with Crippen LogP contribution in [0.4, 0.5) is 13.9 Å². The first kappa shape index (κ1) is 15.8. The van der Waals surface area contributed by atoms with Gasteiger partial charge in [0, 0.05) is 12.8 Å². The van der Waals surface area contributed by atoms with Crippen molar-refractivity contribution in [2.75, 3.05) is 19.5 Å². The van der Waals surface area contributed by atoms with Crippen molar-refractivity contribution in [3.05, 3.63) is 23.8 Å². The van der Waals surface area contributed by atoms with Gasteiger partial charge in [-0.2, -0.15) is 8.78 Å². The van der Waals surface area contributed by atoms with E-state index in [1.54, 1.807) is 19.2 Å². The van der Waals surface area contributed by atoms with Gasteiger partial charge in [-0.25, -0.2) is 0 Å². The lowest BCUT2D eigenvalue weighted by molar-refractivity contribution is -0.0512. The molecule has 0 saturated carbocycles. The minimum atomic E-state index is -2.87. The van der Waals surface area contributed by atoms with E-state index >= 15 is 0 Å². The standard InChI is InChI=1S/C12H13F2N3O2S2/c1-15-11-16-17-12(21-11)20-6-7-3-4-8(19-10(13)14)9(5-7)18-2/h3-5,10H,6H2,1-2H3,(H,15,16). The Morgan fingerprint density at radius 1 is 1.33 bits per heavy atom. The highest BCUT2D eigenvalue weighted by molar-refractivity contribution is 8.00. The number of ether oxygens (including phenoxy) is 2. The summed E-state index contributed by atoms with van der Waals surface area (Å²) in [5.74, 6) is 0.931. The van der Waals surface area contributed by atoms with Gasteiger partial charge in [-0.15, -0.1) is 10.2 Å². The Balaban J connectivity index is 2.03. The lowest BCUT2D eigenvalue weighted by Crippen LogP contribution is -2.03. The minimum Gasteiger partial charge on any atom is -0.493 e. The fourth-order valence-corrected chi connectivity index (χ4v) is 3.16. The molecule has 0 aliphatic rings. The monoisotopic (exact) mass is 333 g/mol. The topological polar surface area (TPSA) is 56.3 Å². The zero-order valence-corrected chi connectivity index (χ0v) is 12.9. The number of hydrogen-bond acceptors (Lipinski definition) is 7. The van der Waals surface area contributed by atoms with Crippen LogP contribution < -0.4 is 14.8 Å². The van der Waals surface area contributed by atoms with Crippen LogP contribution in [0, 0.1) is 0 Å². The number of hydrogen-bond donors (Lipinski definition) is 1. The summed E-state index contributed by atoms with van der Waals surface area (Å²) in [6.07, 6.45) is 0. The zero-order valence-electron chi connectivity index (χ0n) is 11.3. The summed E-state index contributed by atoms with van der Waals surface area (Å²) in [6.45, 7) is -2.87. The molecule has 1 heterocycles. The molecule has 0 unspecified atom stereocenters. The van der Waals surface area contributed by atoms with Crippen LogP contribution in [0.15, 0.2) is 22.5 Å². The van der Waals surface area contributed by atoms with Gasteiger partial charge in [-0.05, 0) is 17.7 Å². The lowest BCUT2D eigenvalue weighted by Gasteiger charge is -2.10. The van der Waals surface area contributed by atoms with E-state index in [1.165, 1.54) is 36.3 Å². The molecule has 0 atom stereocenters. The van der Waals surface area contributed by atoms with Crippen LogP contribution >= 0.6 is 23.1 Å². The summed E-state index contributed by atoms with van der Waals surface area (Å²) in [5.41, 5.74) is 0.916. The van der Waals surface area contributed by atoms with E-state index in [0.717, 1.165) is 15.0 Å². The molecule has 1 aromatic carbocycles. The smallest absolute Gasteiger partial charge is 0.387 e. The summed E-state index contributed by atoms with van der Waals surface area (Å²) < 4.78 is 34.7. The van der Waals surface area contributed by atoms with E-state index in [9.17, 15) is 8.78 Å². The molecule has 114 valence electrons. The number of methoxy groups -OCH3 is 1. The largest absolute Gasteiger partial charge is 0.493 e. The average Bonchev–Trinajstić information content (AvgIpc) is 2.93. The molecule has 2 rings (SSSR count). The Morgan fingerprint density at radius 2 is 2.14 bits per heavy atom. The van der Waals surface area contributed by atoms with Crippen LogP contribution in [0.2, 0.25) is 0 Å². The van der Waals surface area contributed by atoms with Crippen molar-refractivity contribution in [2.24, 2.45) is 0 Å². The first-order chi connectivity index (χ1) is 10.1. The van der Waals surface area contributed by atoms with Gasteiger partial charge >= 0.3 is 6.61 Å². The maximum atomic E-state index is 12.2. The van der Waals surface area contributed by atoms with Crippen LogP contribution in [-0.2, 0) is 5.75 Å². The lowest BCUT2D eigenvalue weighted by atomic mass is 10.2. The van der Waals surface area contributed by atoms with E-state index in [1.807, 2.05) is 0 Å². The quantitative estimate of drug-likeness (QED) is 0.783. The SMILES string of the molecule is CNc1nnc(SCc2ccc(OC(F)F)c(OC)c2)s1. The highest BCUT2D eigenvalue weighted by Crippen LogP contribution is 2.33. The number of nitrogens with zero attached hydrogens (tertiary/aromatic N) is 2. The normalized spacial score (nSPS) is 10.7. The number of rotatable bonds is 7. The van der Waals surface area contributed by atoms with E-state index < -0.39 is 6.61 Å². The van der Waals surface area contributed by atoms with E-state index in [0.29, 0.717) is 5.75 Å². The molecule has 1 aromatic heterocycles. The van der Waals surface area contributed by atoms with Gasteiger partial charge < -0.3 is 14.8 Å². The number of anilines is 1. The van der Waals surface area contributed by atoms with Crippen LogP contribution in [-0.4, -0.2) is 31.0 Å². The summed E-state index contributed by atoms with van der Waals surface area (Å²) in [5, 5.41) is 11.6. The fourth-order valence-electron chi connectivity index (χ4n) is 1.51. The molecule has 0 bridgehead atoms. The Kier molecular flexibility index (Phi) is 5.57. The number of thioether (sulfide) groups is 1. The van der Waals surface area contributed by atoms with Crippen molar-refractivity contribution in [2.45, 2.75) is 16.7 Å². The molecule has 1 N–H and O–H groups in total. The molecule has 5 nitrogen and oxygen atoms in total. The third kappa shape index (κ3) is 4.43. The molecule has 0 fully saturated rings. The Morgan fingerprint density at radius 3 is 2.76 bits per heavy atom. The third-order valence-electron chi connectivity index (χ3n) is 2.43. The van der Waals surface area contributed by atoms with E-state index in [2.05, 4.69) is 20.3 Å². The van der Waals surface area contributed by atoms with Crippen molar-refractivity contribution >= 4 is 28.2 Å². The van der Waals surface area contributed by atoms with Gasteiger partial charge in [0.15, 0.2) is 15.8 Å². The predicted octanol–water partition coefficient (Wildman–Crippen LogP) is 3.48. The summed E-state index contributed by atoms with van der Waals surface area (Å²) in [7, 11) is 3.19. The molecule has 0 saturated heterocycles. The maximum absolute atomic E-state index is 12.2. The number of nitrogens with one attached hydrogen (secondary N) is 1. The van der Waals surface area contributed by atoms with Gasteiger partial charge in [-0.1, -0.05) is 29.2 Å². The molecule has 0 radical (unpaired) electrons. The van der Waals surface area contributed by atoms with Crippen LogP contribution in [0.25, 0.3) is 0 Å². The Labute approximate surface area is 128 Å². The fraction of sp³-hybridized carbons (Fsp3) is 0.333. The summed E-state index contributed by atoms with van der Waals surface area (Å²) >= 11 is 2.96. The number of benzene rings is 1. The second-order valence-electron chi connectivity index (χ2n) is 3.78. The van der Waals surface area contributed by atoms with Gasteiger partial charge in [-0.3, -0.25) is 0 Å². The molecule has 0 spiro atoms. The Hall–Kier alpha value is -1.61. The first-order valence-electron chi connectivity index (χ1n) is 5.88. The first-order valence-corrected chi connectivity index (χ1v) is 7.68. The molecule has 0 aliphatic carbocycles. The van der Waals surface area contributed by atoms with Gasteiger partial charge in [0.05, 0.1) is 7.11 Å². The number of alkyl halides is 2. The second-order valence-corrected chi connectivity index (χ2v) is 5.98. The predicted molar refractivity (Wildman–Crippen MR) is 78.6 cm³/mol. The molecule has 0 amide bonds. The highest BCUT2D eigenvalue weighted by Gasteiger charge is 2.11. The highest BCUT2D eigenvalue weighted by atomic mass is 32.2. The molecule has 9 heteroatoms. The average molecular weight is 333 g/mol. The van der Waals surface area contributed by atoms with Gasteiger partial charge in [0.1, 0.15) is 0 Å². The minimum absolute atomic E-state index is 0.0228. The van der Waals surface area contributed by atoms with E-state index in [-0.39, 0.29) is 11.5 Å². The zero-order chi connectivity index (χ0) is 15.2. The molecular formula is C12H13F2N3O2S2. The van der Waals surface area contributed by atoms with Crippen molar-refractivity contribution in [3.8, 4) is 11.5 Å². The second kappa shape index (κ2) is 7.41. The van der Waals surface area contributed by atoms with Crippen LogP contribution in [0.5, 0.6) is 11.5 Å². The van der Waals surface area contributed by atoms with E-state index in [4.69, 9.17) is 4.74 Å². The number of aromatic nitrogens is 2. The van der Waals surface area contributed by atoms with Crippen molar-refractivity contribution < 1.29 is 18.3 Å². The van der Waals surface area contributed by atoms with Gasteiger partial charge in [0.25, 0.3) is 0 Å². The molecule has 21 heavy (non-hydrogen) atoms. The Bertz CT molecular complexity index is 596. The van der Waals surface area contributed by atoms with Crippen LogP contribution in [0.3, 0.4) is 0 Å². The maximum Gasteiger partial charge on any atom is 0.387 e. The summed E-state index contributed by atoms with van der Waals surface area (Å²) in [4.78, 5) is 0. The van der Waals surface area contributed by atoms with Crippen LogP contribution in [0.1, 0.15) is 5.56 Å². The van der Waals surface area contributed by atoms with Crippen molar-refractivity contribution in [1.29, 1.82) is 0 Å². The van der Waals surface area contributed by atoms with Crippen molar-refractivity contribution in [3.63, 3.8) is 0 Å². The summed E-state index contributed by atoms with van der Waals surface area (Å²) in [6, 6.07) is 4.86. The third-order valence-corrected chi connectivity index (χ3v) is 4.57. The molecular weight excluding hydrogens is 320 g/mol. The van der Waals surface area contributed by atoms with Crippen molar-refractivity contribution in [1.82, 2.24) is 10.2 Å². The molecule has 0 aliphatic heterocycles. The molecule has 2 aromatic rings. The number of halogens is 2.